The third-order valence-electron chi connectivity index (χ3n) is 1.80. The Morgan fingerprint density at radius 1 is 1.50 bits per heavy atom. The molecule has 0 saturated heterocycles. The van der Waals surface area contributed by atoms with Crippen LogP contribution >= 0.6 is 11.6 Å². The maximum Gasteiger partial charge on any atom is 0.342 e. The summed E-state index contributed by atoms with van der Waals surface area (Å²) in [6.45, 7) is 0. The molecule has 0 atom stereocenters. The average molecular weight is 246 g/mol. The van der Waals surface area contributed by atoms with Crippen LogP contribution < -0.4 is 5.32 Å². The molecule has 0 radical (unpaired) electrons. The molecule has 4 nitrogen and oxygen atoms in total. The topological polar surface area (TPSA) is 55.4 Å². The number of carbonyl (C=O) groups excluding carboxylic acids is 2. The van der Waals surface area contributed by atoms with Crippen molar-refractivity contribution in [3.8, 4) is 0 Å². The minimum Gasteiger partial charge on any atom is -0.465 e. The summed E-state index contributed by atoms with van der Waals surface area (Å²) in [6.07, 6.45) is 0. The second kappa shape index (κ2) is 5.46. The second-order valence-corrected chi connectivity index (χ2v) is 3.10. The first-order valence-corrected chi connectivity index (χ1v) is 4.86. The molecular formula is C10H9ClFNO3. The van der Waals surface area contributed by atoms with Gasteiger partial charge in [0.15, 0.2) is 0 Å². The molecule has 0 saturated carbocycles. The first kappa shape index (κ1) is 12.4. The summed E-state index contributed by atoms with van der Waals surface area (Å²) in [5.74, 6) is -2.43. The average Bonchev–Trinajstić information content (AvgIpc) is 2.28. The SMILES string of the molecule is COC(=O)c1c(F)cccc1NC(=O)CCl. The largest absolute Gasteiger partial charge is 0.465 e. The highest BCUT2D eigenvalue weighted by Crippen LogP contribution is 2.19. The number of amides is 1. The molecule has 0 aromatic heterocycles. The lowest BCUT2D eigenvalue weighted by Crippen LogP contribution is -2.17. The molecule has 0 spiro atoms. The van der Waals surface area contributed by atoms with Gasteiger partial charge in [-0.15, -0.1) is 11.6 Å². The molecule has 0 unspecified atom stereocenters. The Hall–Kier alpha value is -1.62. The number of anilines is 1. The van der Waals surface area contributed by atoms with Crippen molar-refractivity contribution >= 4 is 29.2 Å². The van der Waals surface area contributed by atoms with Gasteiger partial charge in [-0.2, -0.15) is 0 Å². The van der Waals surface area contributed by atoms with Crippen LogP contribution in [-0.2, 0) is 9.53 Å². The van der Waals surface area contributed by atoms with Crippen molar-refractivity contribution in [3.05, 3.63) is 29.6 Å². The quantitative estimate of drug-likeness (QED) is 0.653. The summed E-state index contributed by atoms with van der Waals surface area (Å²) in [5.41, 5.74) is -0.277. The number of nitrogens with one attached hydrogen (secondary N) is 1. The van der Waals surface area contributed by atoms with Crippen molar-refractivity contribution < 1.29 is 18.7 Å². The molecule has 0 aliphatic heterocycles. The third kappa shape index (κ3) is 2.70. The fraction of sp³-hybridized carbons (Fsp3) is 0.200. The number of halogens is 2. The molecule has 0 fully saturated rings. The van der Waals surface area contributed by atoms with Crippen molar-refractivity contribution in [3.63, 3.8) is 0 Å². The van der Waals surface area contributed by atoms with E-state index in [1.165, 1.54) is 12.1 Å². The number of alkyl halides is 1. The Morgan fingerprint density at radius 2 is 2.19 bits per heavy atom. The Morgan fingerprint density at radius 3 is 2.75 bits per heavy atom. The summed E-state index contributed by atoms with van der Waals surface area (Å²) in [5, 5.41) is 2.30. The van der Waals surface area contributed by atoms with E-state index >= 15 is 0 Å². The van der Waals surface area contributed by atoms with Crippen molar-refractivity contribution in [2.75, 3.05) is 18.3 Å². The van der Waals surface area contributed by atoms with E-state index in [-0.39, 0.29) is 17.1 Å². The van der Waals surface area contributed by atoms with Crippen molar-refractivity contribution in [1.29, 1.82) is 0 Å². The van der Waals surface area contributed by atoms with Crippen molar-refractivity contribution in [2.45, 2.75) is 0 Å². The van der Waals surface area contributed by atoms with Gasteiger partial charge in [0.25, 0.3) is 0 Å². The lowest BCUT2D eigenvalue weighted by molar-refractivity contribution is -0.113. The molecule has 86 valence electrons. The zero-order valence-electron chi connectivity index (χ0n) is 8.42. The first-order valence-electron chi connectivity index (χ1n) is 4.32. The minimum atomic E-state index is -0.858. The number of benzene rings is 1. The highest BCUT2D eigenvalue weighted by molar-refractivity contribution is 6.29. The van der Waals surface area contributed by atoms with E-state index in [0.717, 1.165) is 13.2 Å². The Kier molecular flexibility index (Phi) is 4.25. The molecular weight excluding hydrogens is 237 g/mol. The van der Waals surface area contributed by atoms with E-state index in [0.29, 0.717) is 0 Å². The summed E-state index contributed by atoms with van der Waals surface area (Å²) >= 11 is 5.29. The fourth-order valence-electron chi connectivity index (χ4n) is 1.12. The van der Waals surface area contributed by atoms with Crippen LogP contribution in [0.5, 0.6) is 0 Å². The van der Waals surface area contributed by atoms with Crippen LogP contribution in [0.1, 0.15) is 10.4 Å². The highest BCUT2D eigenvalue weighted by atomic mass is 35.5. The maximum absolute atomic E-state index is 13.4. The molecule has 0 heterocycles. The normalized spacial score (nSPS) is 9.69. The zero-order valence-corrected chi connectivity index (χ0v) is 9.18. The summed E-state index contributed by atoms with van der Waals surface area (Å²) in [6, 6.07) is 3.86. The van der Waals surface area contributed by atoms with E-state index in [9.17, 15) is 14.0 Å². The van der Waals surface area contributed by atoms with Crippen LogP contribution in [-0.4, -0.2) is 24.9 Å². The number of esters is 1. The number of ether oxygens (including phenoxy) is 1. The lowest BCUT2D eigenvalue weighted by atomic mass is 10.1. The van der Waals surface area contributed by atoms with E-state index < -0.39 is 17.7 Å². The predicted molar refractivity (Wildman–Crippen MR) is 57.1 cm³/mol. The minimum absolute atomic E-state index is 0.0394. The van der Waals surface area contributed by atoms with E-state index in [1.54, 1.807) is 0 Å². The molecule has 1 aromatic rings. The summed E-state index contributed by atoms with van der Waals surface area (Å²) in [7, 11) is 1.13. The molecule has 1 rings (SSSR count). The lowest BCUT2D eigenvalue weighted by Gasteiger charge is -2.09. The Labute approximate surface area is 96.3 Å². The van der Waals surface area contributed by atoms with E-state index in [4.69, 9.17) is 11.6 Å². The van der Waals surface area contributed by atoms with Gasteiger partial charge >= 0.3 is 5.97 Å². The summed E-state index contributed by atoms with van der Waals surface area (Å²) < 4.78 is 17.8. The molecule has 1 N–H and O–H groups in total. The van der Waals surface area contributed by atoms with Crippen molar-refractivity contribution in [1.82, 2.24) is 0 Å². The van der Waals surface area contributed by atoms with Gasteiger partial charge in [0.1, 0.15) is 17.3 Å². The van der Waals surface area contributed by atoms with Gasteiger partial charge in [-0.1, -0.05) is 6.07 Å². The molecule has 0 aliphatic carbocycles. The van der Waals surface area contributed by atoms with E-state index in [2.05, 4.69) is 10.1 Å². The predicted octanol–water partition coefficient (Wildman–Crippen LogP) is 1.79. The maximum atomic E-state index is 13.4. The summed E-state index contributed by atoms with van der Waals surface area (Å²) in [4.78, 5) is 22.3. The first-order chi connectivity index (χ1) is 7.60. The molecule has 0 bridgehead atoms. The number of methoxy groups -OCH3 is 1. The van der Waals surface area contributed by atoms with Crippen LogP contribution in [0.15, 0.2) is 18.2 Å². The molecule has 1 aromatic carbocycles. The zero-order chi connectivity index (χ0) is 12.1. The Balaban J connectivity index is 3.12. The smallest absolute Gasteiger partial charge is 0.342 e. The Bertz CT molecular complexity index is 423. The van der Waals surface area contributed by atoms with Crippen molar-refractivity contribution in [2.24, 2.45) is 0 Å². The molecule has 0 aliphatic rings. The fourth-order valence-corrected chi connectivity index (χ4v) is 1.19. The van der Waals surface area contributed by atoms with Gasteiger partial charge in [-0.25, -0.2) is 9.18 Å². The standard InChI is InChI=1S/C10H9ClFNO3/c1-16-10(15)9-6(12)3-2-4-7(9)13-8(14)5-11/h2-4H,5H2,1H3,(H,13,14). The van der Waals surface area contributed by atoms with Gasteiger partial charge in [0, 0.05) is 0 Å². The third-order valence-corrected chi connectivity index (χ3v) is 2.04. The van der Waals surface area contributed by atoms with Gasteiger partial charge in [-0.3, -0.25) is 4.79 Å². The number of hydrogen-bond donors (Lipinski definition) is 1. The van der Waals surface area contributed by atoms with Crippen LogP contribution in [0.3, 0.4) is 0 Å². The van der Waals surface area contributed by atoms with Crippen LogP contribution in [0.2, 0.25) is 0 Å². The van der Waals surface area contributed by atoms with Gasteiger partial charge in [0.05, 0.1) is 12.8 Å². The van der Waals surface area contributed by atoms with Gasteiger partial charge in [-0.05, 0) is 12.1 Å². The number of hydrogen-bond acceptors (Lipinski definition) is 3. The molecule has 1 amide bonds. The number of carbonyl (C=O) groups is 2. The van der Waals surface area contributed by atoms with Gasteiger partial charge < -0.3 is 10.1 Å². The van der Waals surface area contributed by atoms with Crippen LogP contribution in [0.25, 0.3) is 0 Å². The highest BCUT2D eigenvalue weighted by Gasteiger charge is 2.18. The molecule has 16 heavy (non-hydrogen) atoms. The monoisotopic (exact) mass is 245 g/mol. The molecule has 6 heteroatoms. The second-order valence-electron chi connectivity index (χ2n) is 2.84. The number of rotatable bonds is 3. The van der Waals surface area contributed by atoms with Crippen LogP contribution in [0, 0.1) is 5.82 Å². The van der Waals surface area contributed by atoms with Gasteiger partial charge in [0.2, 0.25) is 5.91 Å². The van der Waals surface area contributed by atoms with Crippen LogP contribution in [0.4, 0.5) is 10.1 Å². The van der Waals surface area contributed by atoms with E-state index in [1.807, 2.05) is 0 Å².